The lowest BCUT2D eigenvalue weighted by molar-refractivity contribution is 0.130. The lowest BCUT2D eigenvalue weighted by atomic mass is 9.85. The van der Waals surface area contributed by atoms with Gasteiger partial charge >= 0.3 is 0 Å². The highest BCUT2D eigenvalue weighted by Crippen LogP contribution is 2.34. The van der Waals surface area contributed by atoms with Gasteiger partial charge in [-0.3, -0.25) is 4.90 Å². The van der Waals surface area contributed by atoms with E-state index in [1.165, 1.54) is 51.9 Å². The number of fused-ring (bicyclic) bond motifs is 1. The van der Waals surface area contributed by atoms with Crippen LogP contribution in [-0.4, -0.2) is 37.1 Å². The summed E-state index contributed by atoms with van der Waals surface area (Å²) in [6.45, 7) is 7.79. The maximum atomic E-state index is 3.53. The average Bonchev–Trinajstić information content (AvgIpc) is 2.77. The van der Waals surface area contributed by atoms with Crippen molar-refractivity contribution in [1.82, 2.24) is 10.2 Å². The quantitative estimate of drug-likeness (QED) is 0.706. The third kappa shape index (κ3) is 1.83. The number of nitrogens with zero attached hydrogens (tertiary/aromatic N) is 1. The van der Waals surface area contributed by atoms with E-state index in [2.05, 4.69) is 17.1 Å². The molecule has 0 aromatic heterocycles. The average molecular weight is 208 g/mol. The van der Waals surface area contributed by atoms with Crippen molar-refractivity contribution in [3.63, 3.8) is 0 Å². The summed E-state index contributed by atoms with van der Waals surface area (Å²) in [6.07, 6.45) is 5.88. The van der Waals surface area contributed by atoms with E-state index >= 15 is 0 Å². The molecule has 0 spiro atoms. The minimum atomic E-state index is 0.921. The molecule has 4 unspecified atom stereocenters. The van der Waals surface area contributed by atoms with Crippen molar-refractivity contribution >= 4 is 0 Å². The van der Waals surface area contributed by atoms with Crippen molar-refractivity contribution < 1.29 is 0 Å². The molecule has 3 rings (SSSR count). The second-order valence-corrected chi connectivity index (χ2v) is 5.96. The Kier molecular flexibility index (Phi) is 2.73. The van der Waals surface area contributed by atoms with Crippen molar-refractivity contribution in [2.75, 3.05) is 26.2 Å². The molecular formula is C13H24N2. The molecule has 2 nitrogen and oxygen atoms in total. The summed E-state index contributed by atoms with van der Waals surface area (Å²) in [5.74, 6) is 2.89. The van der Waals surface area contributed by atoms with Crippen LogP contribution in [0.15, 0.2) is 0 Å². The van der Waals surface area contributed by atoms with Crippen LogP contribution in [-0.2, 0) is 0 Å². The molecule has 3 fully saturated rings. The Labute approximate surface area is 93.4 Å². The first kappa shape index (κ1) is 10.1. The van der Waals surface area contributed by atoms with Crippen LogP contribution in [0.5, 0.6) is 0 Å². The minimum absolute atomic E-state index is 0.921. The van der Waals surface area contributed by atoms with Gasteiger partial charge in [-0.15, -0.1) is 0 Å². The summed E-state index contributed by atoms with van der Waals surface area (Å²) in [4.78, 5) is 2.82. The molecule has 0 amide bonds. The predicted octanol–water partition coefficient (Wildman–Crippen LogP) is 1.72. The Hall–Kier alpha value is -0.0800. The van der Waals surface area contributed by atoms with E-state index in [0.29, 0.717) is 0 Å². The van der Waals surface area contributed by atoms with Gasteiger partial charge in [-0.25, -0.2) is 0 Å². The first-order chi connectivity index (χ1) is 7.34. The van der Waals surface area contributed by atoms with Crippen molar-refractivity contribution in [3.05, 3.63) is 0 Å². The molecule has 0 radical (unpaired) electrons. The van der Waals surface area contributed by atoms with E-state index in [1.807, 2.05) is 0 Å². The maximum absolute atomic E-state index is 3.53. The van der Waals surface area contributed by atoms with Crippen molar-refractivity contribution in [1.29, 1.82) is 0 Å². The second-order valence-electron chi connectivity index (χ2n) is 5.96. The van der Waals surface area contributed by atoms with Gasteiger partial charge in [0, 0.05) is 19.1 Å². The molecule has 86 valence electrons. The molecule has 2 heterocycles. The molecule has 3 aliphatic rings. The van der Waals surface area contributed by atoms with Crippen molar-refractivity contribution in [2.24, 2.45) is 17.8 Å². The Balaban J connectivity index is 1.63. The Morgan fingerprint density at radius 2 is 1.67 bits per heavy atom. The molecule has 4 atom stereocenters. The first-order valence-corrected chi connectivity index (χ1v) is 6.79. The Morgan fingerprint density at radius 3 is 2.33 bits per heavy atom. The lowest BCUT2D eigenvalue weighted by Gasteiger charge is -2.36. The Bertz CT molecular complexity index is 217. The number of hydrogen-bond donors (Lipinski definition) is 1. The fourth-order valence-corrected chi connectivity index (χ4v) is 4.00. The molecule has 0 bridgehead atoms. The van der Waals surface area contributed by atoms with Crippen LogP contribution in [0.25, 0.3) is 0 Å². The van der Waals surface area contributed by atoms with Crippen LogP contribution in [0.3, 0.4) is 0 Å². The summed E-state index contributed by atoms with van der Waals surface area (Å²) in [5, 5.41) is 3.53. The standard InChI is InChI=1S/C13H24N2/c1-10-4-2-3-5-13(10)15-8-11-6-14-7-12(11)9-15/h10-14H,2-9H2,1H3. The summed E-state index contributed by atoms with van der Waals surface area (Å²) < 4.78 is 0. The zero-order chi connectivity index (χ0) is 10.3. The number of hydrogen-bond acceptors (Lipinski definition) is 2. The predicted molar refractivity (Wildman–Crippen MR) is 62.8 cm³/mol. The molecule has 2 aliphatic heterocycles. The van der Waals surface area contributed by atoms with Crippen LogP contribution in [0.4, 0.5) is 0 Å². The monoisotopic (exact) mass is 208 g/mol. The summed E-state index contributed by atoms with van der Waals surface area (Å²) in [6, 6.07) is 0.921. The van der Waals surface area contributed by atoms with Crippen LogP contribution < -0.4 is 5.32 Å². The van der Waals surface area contributed by atoms with Gasteiger partial charge in [0.2, 0.25) is 0 Å². The van der Waals surface area contributed by atoms with Crippen LogP contribution in [0.2, 0.25) is 0 Å². The molecule has 2 saturated heterocycles. The molecule has 0 aromatic carbocycles. The van der Waals surface area contributed by atoms with Gasteiger partial charge in [0.1, 0.15) is 0 Å². The third-order valence-corrected chi connectivity index (χ3v) is 4.95. The number of rotatable bonds is 1. The zero-order valence-corrected chi connectivity index (χ0v) is 9.91. The third-order valence-electron chi connectivity index (χ3n) is 4.95. The van der Waals surface area contributed by atoms with Crippen LogP contribution >= 0.6 is 0 Å². The van der Waals surface area contributed by atoms with Crippen molar-refractivity contribution in [3.8, 4) is 0 Å². The first-order valence-electron chi connectivity index (χ1n) is 6.79. The molecule has 0 aromatic rings. The molecule has 15 heavy (non-hydrogen) atoms. The van der Waals surface area contributed by atoms with E-state index in [1.54, 1.807) is 0 Å². The Morgan fingerprint density at radius 1 is 1.00 bits per heavy atom. The van der Waals surface area contributed by atoms with Crippen LogP contribution in [0.1, 0.15) is 32.6 Å². The van der Waals surface area contributed by atoms with Gasteiger partial charge in [0.25, 0.3) is 0 Å². The zero-order valence-electron chi connectivity index (χ0n) is 9.91. The van der Waals surface area contributed by atoms with Gasteiger partial charge in [-0.1, -0.05) is 19.8 Å². The molecule has 1 aliphatic carbocycles. The van der Waals surface area contributed by atoms with E-state index in [4.69, 9.17) is 0 Å². The minimum Gasteiger partial charge on any atom is -0.316 e. The molecular weight excluding hydrogens is 184 g/mol. The topological polar surface area (TPSA) is 15.3 Å². The normalized spacial score (nSPS) is 47.0. The fourth-order valence-electron chi connectivity index (χ4n) is 4.00. The van der Waals surface area contributed by atoms with Gasteiger partial charge in [-0.2, -0.15) is 0 Å². The summed E-state index contributed by atoms with van der Waals surface area (Å²) >= 11 is 0. The van der Waals surface area contributed by atoms with E-state index in [9.17, 15) is 0 Å². The van der Waals surface area contributed by atoms with Gasteiger partial charge < -0.3 is 5.32 Å². The highest BCUT2D eigenvalue weighted by Gasteiger charge is 2.40. The van der Waals surface area contributed by atoms with Gasteiger partial charge in [0.05, 0.1) is 0 Å². The summed E-state index contributed by atoms with van der Waals surface area (Å²) in [5.41, 5.74) is 0. The highest BCUT2D eigenvalue weighted by atomic mass is 15.2. The maximum Gasteiger partial charge on any atom is 0.0121 e. The van der Waals surface area contributed by atoms with Gasteiger partial charge in [-0.05, 0) is 43.7 Å². The smallest absolute Gasteiger partial charge is 0.0121 e. The summed E-state index contributed by atoms with van der Waals surface area (Å²) in [7, 11) is 0. The fraction of sp³-hybridized carbons (Fsp3) is 1.00. The molecule has 1 N–H and O–H groups in total. The number of likely N-dealkylation sites (tertiary alicyclic amines) is 1. The van der Waals surface area contributed by atoms with Crippen LogP contribution in [0, 0.1) is 17.8 Å². The number of nitrogens with one attached hydrogen (secondary N) is 1. The van der Waals surface area contributed by atoms with E-state index in [0.717, 1.165) is 23.8 Å². The molecule has 2 heteroatoms. The molecule has 1 saturated carbocycles. The van der Waals surface area contributed by atoms with E-state index < -0.39 is 0 Å². The van der Waals surface area contributed by atoms with Crippen molar-refractivity contribution in [2.45, 2.75) is 38.6 Å². The van der Waals surface area contributed by atoms with E-state index in [-0.39, 0.29) is 0 Å². The lowest BCUT2D eigenvalue weighted by Crippen LogP contribution is -2.41. The SMILES string of the molecule is CC1CCCCC1N1CC2CNCC2C1. The van der Waals surface area contributed by atoms with Gasteiger partial charge in [0.15, 0.2) is 0 Å². The second kappa shape index (κ2) is 4.06. The largest absolute Gasteiger partial charge is 0.316 e. The highest BCUT2D eigenvalue weighted by molar-refractivity contribution is 4.95.